The normalized spacial score (nSPS) is 16.0. The van der Waals surface area contributed by atoms with E-state index in [-0.39, 0.29) is 11.8 Å². The predicted octanol–water partition coefficient (Wildman–Crippen LogP) is 2.54. The molecule has 2 rings (SSSR count). The number of hydrogen-bond acceptors (Lipinski definition) is 4. The van der Waals surface area contributed by atoms with Gasteiger partial charge in [0.05, 0.1) is 11.4 Å². The molecule has 1 fully saturated rings. The minimum atomic E-state index is 0.122. The zero-order chi connectivity index (χ0) is 17.4. The SMILES string of the molecule is CCCN(CCC)C(=O)CN1CCCN(C(=O)c2cccs2)CC1. The van der Waals surface area contributed by atoms with Crippen LogP contribution in [0.15, 0.2) is 17.5 Å². The van der Waals surface area contributed by atoms with Crippen LogP contribution in [0.5, 0.6) is 0 Å². The van der Waals surface area contributed by atoms with E-state index in [1.165, 1.54) is 11.3 Å². The molecule has 1 aliphatic heterocycles. The fourth-order valence-corrected chi connectivity index (χ4v) is 3.77. The van der Waals surface area contributed by atoms with Crippen LogP contribution in [-0.4, -0.2) is 72.3 Å². The lowest BCUT2D eigenvalue weighted by Crippen LogP contribution is -2.42. The van der Waals surface area contributed by atoms with Gasteiger partial charge in [0.1, 0.15) is 0 Å². The Kier molecular flexibility index (Phi) is 7.72. The second-order valence-electron chi connectivity index (χ2n) is 6.28. The first kappa shape index (κ1) is 18.9. The Morgan fingerprint density at radius 1 is 1.12 bits per heavy atom. The molecule has 2 amide bonds. The van der Waals surface area contributed by atoms with Crippen LogP contribution in [0.1, 0.15) is 42.8 Å². The molecule has 6 heteroatoms. The van der Waals surface area contributed by atoms with Crippen molar-refractivity contribution < 1.29 is 9.59 Å². The zero-order valence-corrected chi connectivity index (χ0v) is 15.7. The van der Waals surface area contributed by atoms with E-state index in [9.17, 15) is 9.59 Å². The van der Waals surface area contributed by atoms with Gasteiger partial charge in [-0.1, -0.05) is 19.9 Å². The van der Waals surface area contributed by atoms with Gasteiger partial charge in [-0.15, -0.1) is 11.3 Å². The second kappa shape index (κ2) is 9.79. The van der Waals surface area contributed by atoms with Crippen molar-refractivity contribution in [3.8, 4) is 0 Å². The first-order valence-electron chi connectivity index (χ1n) is 8.98. The molecule has 1 aromatic rings. The molecular weight excluding hydrogens is 322 g/mol. The van der Waals surface area contributed by atoms with Gasteiger partial charge in [0.25, 0.3) is 5.91 Å². The van der Waals surface area contributed by atoms with E-state index >= 15 is 0 Å². The highest BCUT2D eigenvalue weighted by atomic mass is 32.1. The van der Waals surface area contributed by atoms with Crippen molar-refractivity contribution in [2.24, 2.45) is 0 Å². The van der Waals surface area contributed by atoms with Gasteiger partial charge in [0.15, 0.2) is 0 Å². The number of carbonyl (C=O) groups is 2. The van der Waals surface area contributed by atoms with Crippen LogP contribution in [0.4, 0.5) is 0 Å². The van der Waals surface area contributed by atoms with Gasteiger partial charge in [-0.2, -0.15) is 0 Å². The molecule has 0 saturated carbocycles. The molecule has 2 heterocycles. The third-order valence-electron chi connectivity index (χ3n) is 4.31. The van der Waals surface area contributed by atoms with Crippen molar-refractivity contribution in [3.05, 3.63) is 22.4 Å². The van der Waals surface area contributed by atoms with Gasteiger partial charge < -0.3 is 9.80 Å². The molecule has 0 aliphatic carbocycles. The molecule has 5 nitrogen and oxygen atoms in total. The van der Waals surface area contributed by atoms with Crippen LogP contribution in [0, 0.1) is 0 Å². The van der Waals surface area contributed by atoms with Crippen molar-refractivity contribution in [3.63, 3.8) is 0 Å². The molecule has 0 N–H and O–H groups in total. The van der Waals surface area contributed by atoms with Gasteiger partial charge in [-0.25, -0.2) is 0 Å². The molecule has 0 radical (unpaired) electrons. The van der Waals surface area contributed by atoms with E-state index in [1.54, 1.807) is 0 Å². The van der Waals surface area contributed by atoms with Crippen LogP contribution in [0.25, 0.3) is 0 Å². The minimum Gasteiger partial charge on any atom is -0.342 e. The lowest BCUT2D eigenvalue weighted by Gasteiger charge is -2.26. The van der Waals surface area contributed by atoms with Crippen molar-refractivity contribution in [1.29, 1.82) is 0 Å². The minimum absolute atomic E-state index is 0.122. The Labute approximate surface area is 149 Å². The Hall–Kier alpha value is -1.40. The van der Waals surface area contributed by atoms with E-state index in [2.05, 4.69) is 18.7 Å². The number of hydrogen-bond donors (Lipinski definition) is 0. The van der Waals surface area contributed by atoms with E-state index in [1.807, 2.05) is 27.3 Å². The smallest absolute Gasteiger partial charge is 0.263 e. The molecule has 0 spiro atoms. The average molecular weight is 352 g/mol. The van der Waals surface area contributed by atoms with E-state index in [0.717, 1.165) is 56.9 Å². The Bertz CT molecular complexity index is 512. The molecule has 1 aliphatic rings. The van der Waals surface area contributed by atoms with Crippen molar-refractivity contribution in [2.45, 2.75) is 33.1 Å². The molecule has 24 heavy (non-hydrogen) atoms. The summed E-state index contributed by atoms with van der Waals surface area (Å²) in [6.07, 6.45) is 2.91. The average Bonchev–Trinajstić information content (AvgIpc) is 3.01. The fourth-order valence-electron chi connectivity index (χ4n) is 3.08. The third-order valence-corrected chi connectivity index (χ3v) is 5.16. The van der Waals surface area contributed by atoms with Crippen LogP contribution in [-0.2, 0) is 4.79 Å². The van der Waals surface area contributed by atoms with Gasteiger partial charge in [0.2, 0.25) is 5.91 Å². The van der Waals surface area contributed by atoms with Gasteiger partial charge >= 0.3 is 0 Å². The number of amides is 2. The summed E-state index contributed by atoms with van der Waals surface area (Å²) in [5, 5.41) is 1.94. The van der Waals surface area contributed by atoms with Crippen LogP contribution < -0.4 is 0 Å². The van der Waals surface area contributed by atoms with Crippen molar-refractivity contribution >= 4 is 23.2 Å². The molecule has 1 aromatic heterocycles. The Balaban J connectivity index is 1.86. The number of carbonyl (C=O) groups excluding carboxylic acids is 2. The summed E-state index contributed by atoms with van der Waals surface area (Å²) >= 11 is 1.49. The molecule has 1 saturated heterocycles. The summed E-state index contributed by atoms with van der Waals surface area (Å²) < 4.78 is 0. The Morgan fingerprint density at radius 2 is 1.88 bits per heavy atom. The number of rotatable bonds is 7. The first-order valence-corrected chi connectivity index (χ1v) is 9.86. The topological polar surface area (TPSA) is 43.9 Å². The monoisotopic (exact) mass is 351 g/mol. The maximum absolute atomic E-state index is 12.5. The summed E-state index contributed by atoms with van der Waals surface area (Å²) in [6.45, 7) is 9.49. The molecule has 0 atom stereocenters. The maximum Gasteiger partial charge on any atom is 0.263 e. The lowest BCUT2D eigenvalue weighted by molar-refractivity contribution is -0.132. The largest absolute Gasteiger partial charge is 0.342 e. The predicted molar refractivity (Wildman–Crippen MR) is 98.4 cm³/mol. The number of nitrogens with zero attached hydrogens (tertiary/aromatic N) is 3. The van der Waals surface area contributed by atoms with Crippen molar-refractivity contribution in [1.82, 2.24) is 14.7 Å². The van der Waals surface area contributed by atoms with Crippen LogP contribution >= 0.6 is 11.3 Å². The second-order valence-corrected chi connectivity index (χ2v) is 7.23. The molecule has 0 bridgehead atoms. The summed E-state index contributed by atoms with van der Waals surface area (Å²) in [7, 11) is 0. The Morgan fingerprint density at radius 3 is 2.50 bits per heavy atom. The van der Waals surface area contributed by atoms with Gasteiger partial charge in [-0.3, -0.25) is 14.5 Å². The highest BCUT2D eigenvalue weighted by Crippen LogP contribution is 2.14. The van der Waals surface area contributed by atoms with Gasteiger partial charge in [0, 0.05) is 39.3 Å². The van der Waals surface area contributed by atoms with E-state index < -0.39 is 0 Å². The quantitative estimate of drug-likeness (QED) is 0.758. The summed E-state index contributed by atoms with van der Waals surface area (Å²) in [4.78, 5) is 31.9. The molecule has 0 aromatic carbocycles. The highest BCUT2D eigenvalue weighted by Gasteiger charge is 2.23. The molecule has 134 valence electrons. The summed E-state index contributed by atoms with van der Waals surface area (Å²) in [5.74, 6) is 0.341. The maximum atomic E-state index is 12.5. The van der Waals surface area contributed by atoms with Crippen LogP contribution in [0.3, 0.4) is 0 Å². The summed E-state index contributed by atoms with van der Waals surface area (Å²) in [6, 6.07) is 3.79. The molecular formula is C18H29N3O2S. The van der Waals surface area contributed by atoms with Crippen LogP contribution in [0.2, 0.25) is 0 Å². The molecule has 0 unspecified atom stereocenters. The fraction of sp³-hybridized carbons (Fsp3) is 0.667. The van der Waals surface area contributed by atoms with E-state index in [0.29, 0.717) is 13.1 Å². The highest BCUT2D eigenvalue weighted by molar-refractivity contribution is 7.12. The zero-order valence-electron chi connectivity index (χ0n) is 14.9. The lowest BCUT2D eigenvalue weighted by atomic mass is 10.3. The number of thiophene rings is 1. The van der Waals surface area contributed by atoms with Gasteiger partial charge in [-0.05, 0) is 30.7 Å². The summed E-state index contributed by atoms with van der Waals surface area (Å²) in [5.41, 5.74) is 0. The standard InChI is InChI=1S/C18H29N3O2S/c1-3-8-20(9-4-2)17(22)15-19-10-6-11-21(13-12-19)18(23)16-7-5-14-24-16/h5,7,14H,3-4,6,8-13,15H2,1-2H3. The van der Waals surface area contributed by atoms with E-state index in [4.69, 9.17) is 0 Å². The third kappa shape index (κ3) is 5.31. The first-order chi connectivity index (χ1) is 11.7. The van der Waals surface area contributed by atoms with Crippen molar-refractivity contribution in [2.75, 3.05) is 45.8 Å².